The molecule has 0 amide bonds. The fraction of sp³-hybridized carbons (Fsp3) is 0.333. The van der Waals surface area contributed by atoms with Crippen molar-refractivity contribution in [3.05, 3.63) is 5.28 Å². The fourth-order valence-electron chi connectivity index (χ4n) is 0.317. The van der Waals surface area contributed by atoms with Gasteiger partial charge in [0.15, 0.2) is 0 Å². The molecule has 0 aliphatic heterocycles. The molecule has 0 N–H and O–H groups in total. The standard InChI is InChI=1S/C3HClF2N2OS/c4-1-7-3(10-8-1)9-2(5)6/h2H. The molecule has 0 aromatic carbocycles. The van der Waals surface area contributed by atoms with E-state index in [1.165, 1.54) is 0 Å². The molecule has 1 aromatic rings. The molecule has 0 aliphatic rings. The summed E-state index contributed by atoms with van der Waals surface area (Å²) in [5.74, 6) is 0. The molecular weight excluding hydrogens is 186 g/mol. The van der Waals surface area contributed by atoms with Crippen molar-refractivity contribution in [2.75, 3.05) is 0 Å². The second kappa shape index (κ2) is 3.07. The molecule has 3 nitrogen and oxygen atoms in total. The Morgan fingerprint density at radius 2 is 2.30 bits per heavy atom. The molecule has 0 fully saturated rings. The number of alkyl halides is 2. The Kier molecular flexibility index (Phi) is 2.34. The second-order valence-corrected chi connectivity index (χ2v) is 2.26. The molecule has 0 bridgehead atoms. The van der Waals surface area contributed by atoms with Gasteiger partial charge in [0.05, 0.1) is 0 Å². The topological polar surface area (TPSA) is 35.0 Å². The largest absolute Gasteiger partial charge is 0.407 e. The normalized spacial score (nSPS) is 10.4. The Labute approximate surface area is 63.8 Å². The average Bonchev–Trinajstić information content (AvgIpc) is 2.13. The number of rotatable bonds is 2. The fourth-order valence-corrected chi connectivity index (χ4v) is 0.985. The van der Waals surface area contributed by atoms with E-state index in [1.807, 2.05) is 0 Å². The lowest BCUT2D eigenvalue weighted by Crippen LogP contribution is -2.00. The molecule has 56 valence electrons. The maximum absolute atomic E-state index is 11.4. The maximum Gasteiger partial charge on any atom is 0.389 e. The first-order chi connectivity index (χ1) is 4.68. The lowest BCUT2D eigenvalue weighted by atomic mass is 11.2. The molecule has 0 unspecified atom stereocenters. The summed E-state index contributed by atoms with van der Waals surface area (Å²) in [5, 5.41) is -0.305. The van der Waals surface area contributed by atoms with Crippen molar-refractivity contribution in [2.45, 2.75) is 6.61 Å². The smallest absolute Gasteiger partial charge is 0.389 e. The minimum absolute atomic E-state index is 0.0827. The Hall–Kier alpha value is -0.490. The van der Waals surface area contributed by atoms with Crippen LogP contribution in [0.15, 0.2) is 0 Å². The molecule has 7 heteroatoms. The third-order valence-electron chi connectivity index (χ3n) is 0.573. The third-order valence-corrected chi connectivity index (χ3v) is 1.45. The zero-order valence-corrected chi connectivity index (χ0v) is 5.99. The summed E-state index contributed by atoms with van der Waals surface area (Å²) >= 11 is 5.89. The summed E-state index contributed by atoms with van der Waals surface area (Å²) < 4.78 is 30.1. The van der Waals surface area contributed by atoms with Crippen LogP contribution in [-0.2, 0) is 0 Å². The van der Waals surface area contributed by atoms with Gasteiger partial charge in [-0.1, -0.05) is 0 Å². The van der Waals surface area contributed by atoms with Crippen molar-refractivity contribution in [1.29, 1.82) is 0 Å². The summed E-state index contributed by atoms with van der Waals surface area (Å²) in [6, 6.07) is 0. The highest BCUT2D eigenvalue weighted by Crippen LogP contribution is 2.18. The van der Waals surface area contributed by atoms with E-state index in [1.54, 1.807) is 0 Å². The summed E-state index contributed by atoms with van der Waals surface area (Å²) in [6.45, 7) is -2.87. The van der Waals surface area contributed by atoms with E-state index < -0.39 is 6.61 Å². The summed E-state index contributed by atoms with van der Waals surface area (Å²) in [6.07, 6.45) is 0. The number of hydrogen-bond donors (Lipinski definition) is 0. The van der Waals surface area contributed by atoms with E-state index in [0.29, 0.717) is 11.5 Å². The Balaban J connectivity index is 2.58. The molecule has 1 heterocycles. The molecule has 0 spiro atoms. The Morgan fingerprint density at radius 3 is 2.70 bits per heavy atom. The summed E-state index contributed by atoms with van der Waals surface area (Å²) in [7, 11) is 0. The van der Waals surface area contributed by atoms with Crippen molar-refractivity contribution < 1.29 is 13.5 Å². The van der Waals surface area contributed by atoms with Crippen LogP contribution in [0.5, 0.6) is 5.19 Å². The van der Waals surface area contributed by atoms with Crippen molar-refractivity contribution in [1.82, 2.24) is 9.36 Å². The quantitative estimate of drug-likeness (QED) is 0.707. The van der Waals surface area contributed by atoms with Crippen LogP contribution in [-0.4, -0.2) is 16.0 Å². The molecule has 1 aromatic heterocycles. The van der Waals surface area contributed by atoms with Crippen LogP contribution < -0.4 is 4.74 Å². The number of nitrogens with zero attached hydrogens (tertiary/aromatic N) is 2. The first-order valence-corrected chi connectivity index (χ1v) is 3.27. The predicted octanol–water partition coefficient (Wildman–Crippen LogP) is 1.79. The lowest BCUT2D eigenvalue weighted by Gasteiger charge is -1.94. The zero-order valence-electron chi connectivity index (χ0n) is 4.42. The van der Waals surface area contributed by atoms with Gasteiger partial charge in [-0.2, -0.15) is 18.1 Å². The van der Waals surface area contributed by atoms with E-state index in [9.17, 15) is 8.78 Å². The van der Waals surface area contributed by atoms with Crippen LogP contribution >= 0.6 is 23.1 Å². The maximum atomic E-state index is 11.4. The lowest BCUT2D eigenvalue weighted by molar-refractivity contribution is -0.0499. The van der Waals surface area contributed by atoms with E-state index >= 15 is 0 Å². The van der Waals surface area contributed by atoms with Crippen LogP contribution in [0.4, 0.5) is 8.78 Å². The first-order valence-electron chi connectivity index (χ1n) is 2.12. The van der Waals surface area contributed by atoms with Crippen molar-refractivity contribution in [3.8, 4) is 5.19 Å². The molecule has 10 heavy (non-hydrogen) atoms. The number of hydrogen-bond acceptors (Lipinski definition) is 4. The van der Waals surface area contributed by atoms with Crippen LogP contribution in [0.3, 0.4) is 0 Å². The van der Waals surface area contributed by atoms with Gasteiger partial charge in [0, 0.05) is 11.5 Å². The van der Waals surface area contributed by atoms with Crippen LogP contribution in [0.1, 0.15) is 0 Å². The van der Waals surface area contributed by atoms with Gasteiger partial charge in [0.25, 0.3) is 5.19 Å². The van der Waals surface area contributed by atoms with Crippen molar-refractivity contribution in [2.24, 2.45) is 0 Å². The van der Waals surface area contributed by atoms with Crippen molar-refractivity contribution in [3.63, 3.8) is 0 Å². The second-order valence-electron chi connectivity index (χ2n) is 1.21. The van der Waals surface area contributed by atoms with E-state index in [-0.39, 0.29) is 10.5 Å². The Morgan fingerprint density at radius 1 is 1.60 bits per heavy atom. The average molecular weight is 187 g/mol. The van der Waals surface area contributed by atoms with Crippen LogP contribution in [0.2, 0.25) is 5.28 Å². The van der Waals surface area contributed by atoms with E-state index in [4.69, 9.17) is 11.6 Å². The van der Waals surface area contributed by atoms with Gasteiger partial charge in [-0.25, -0.2) is 0 Å². The molecule has 1 rings (SSSR count). The van der Waals surface area contributed by atoms with Crippen LogP contribution in [0.25, 0.3) is 0 Å². The Bertz CT molecular complexity index is 218. The monoisotopic (exact) mass is 186 g/mol. The highest BCUT2D eigenvalue weighted by Gasteiger charge is 2.08. The van der Waals surface area contributed by atoms with Gasteiger partial charge in [-0.3, -0.25) is 0 Å². The number of aromatic nitrogens is 2. The summed E-state index contributed by atoms with van der Waals surface area (Å²) in [5.41, 5.74) is 0. The van der Waals surface area contributed by atoms with Gasteiger partial charge in [-0.05, 0) is 11.6 Å². The molecule has 0 atom stereocenters. The molecule has 0 saturated carbocycles. The van der Waals surface area contributed by atoms with Gasteiger partial charge in [-0.15, -0.1) is 0 Å². The minimum Gasteiger partial charge on any atom is -0.407 e. The molecule has 0 radical (unpaired) electrons. The SMILES string of the molecule is FC(F)Oc1nc(Cl)ns1. The highest BCUT2D eigenvalue weighted by atomic mass is 35.5. The minimum atomic E-state index is -2.87. The molecule has 0 saturated heterocycles. The number of halogens is 3. The van der Waals surface area contributed by atoms with Crippen LogP contribution in [0, 0.1) is 0 Å². The predicted molar refractivity (Wildman–Crippen MR) is 31.6 cm³/mol. The van der Waals surface area contributed by atoms with Gasteiger partial charge in [0.2, 0.25) is 5.28 Å². The highest BCUT2D eigenvalue weighted by molar-refractivity contribution is 7.07. The zero-order chi connectivity index (χ0) is 7.56. The first kappa shape index (κ1) is 7.62. The molecule has 0 aliphatic carbocycles. The van der Waals surface area contributed by atoms with Gasteiger partial charge < -0.3 is 4.74 Å². The summed E-state index contributed by atoms with van der Waals surface area (Å²) in [4.78, 5) is 3.32. The van der Waals surface area contributed by atoms with E-state index in [0.717, 1.165) is 0 Å². The van der Waals surface area contributed by atoms with Gasteiger partial charge in [0.1, 0.15) is 0 Å². The van der Waals surface area contributed by atoms with Gasteiger partial charge >= 0.3 is 6.61 Å². The number of ether oxygens (including phenoxy) is 1. The third kappa shape index (κ3) is 2.03. The van der Waals surface area contributed by atoms with Crippen molar-refractivity contribution >= 4 is 23.1 Å². The molecular formula is C3HClF2N2OS. The van der Waals surface area contributed by atoms with E-state index in [2.05, 4.69) is 14.1 Å².